The van der Waals surface area contributed by atoms with E-state index in [9.17, 15) is 9.50 Å². The van der Waals surface area contributed by atoms with Crippen molar-refractivity contribution in [3.63, 3.8) is 0 Å². The van der Waals surface area contributed by atoms with E-state index in [1.165, 1.54) is 12.1 Å². The van der Waals surface area contributed by atoms with Gasteiger partial charge in [0.15, 0.2) is 0 Å². The summed E-state index contributed by atoms with van der Waals surface area (Å²) in [6, 6.07) is 16.9. The molecule has 0 saturated carbocycles. The van der Waals surface area contributed by atoms with E-state index in [4.69, 9.17) is 0 Å². The van der Waals surface area contributed by atoms with Crippen molar-refractivity contribution >= 4 is 33.7 Å². The van der Waals surface area contributed by atoms with Gasteiger partial charge in [0.25, 0.3) is 0 Å². The Kier molecular flexibility index (Phi) is 5.81. The van der Waals surface area contributed by atoms with Gasteiger partial charge in [-0.3, -0.25) is 10.4 Å². The zero-order valence-corrected chi connectivity index (χ0v) is 20.6. The highest BCUT2D eigenvalue weighted by atomic mass is 19.1. The van der Waals surface area contributed by atoms with Crippen molar-refractivity contribution in [1.82, 2.24) is 15.0 Å². The number of aliphatic imine (C=N–C) groups is 1. The first-order valence-electron chi connectivity index (χ1n) is 12.4. The Morgan fingerprint density at radius 1 is 1.14 bits per heavy atom. The molecule has 2 atom stereocenters. The third-order valence-electron chi connectivity index (χ3n) is 7.07. The van der Waals surface area contributed by atoms with Gasteiger partial charge in [-0.2, -0.15) is 5.10 Å². The third kappa shape index (κ3) is 4.19. The number of amidine groups is 1. The number of halogens is 1. The van der Waals surface area contributed by atoms with Gasteiger partial charge in [0, 0.05) is 30.3 Å². The molecule has 0 radical (unpaired) electrons. The quantitative estimate of drug-likeness (QED) is 0.318. The number of aliphatic hydroxyl groups is 1. The molecule has 7 nitrogen and oxygen atoms in total. The van der Waals surface area contributed by atoms with E-state index in [1.807, 2.05) is 50.6 Å². The van der Waals surface area contributed by atoms with Gasteiger partial charge in [0.05, 0.1) is 29.2 Å². The van der Waals surface area contributed by atoms with Gasteiger partial charge in [-0.1, -0.05) is 31.2 Å². The van der Waals surface area contributed by atoms with Crippen LogP contribution in [0.5, 0.6) is 0 Å². The van der Waals surface area contributed by atoms with Crippen molar-refractivity contribution in [3.05, 3.63) is 90.3 Å². The number of rotatable bonds is 6. The summed E-state index contributed by atoms with van der Waals surface area (Å²) in [7, 11) is 2.04. The van der Waals surface area contributed by atoms with Crippen LogP contribution in [0.3, 0.4) is 0 Å². The van der Waals surface area contributed by atoms with Crippen LogP contribution in [-0.4, -0.2) is 32.4 Å². The fraction of sp³-hybridized carbons (Fsp3) is 0.207. The molecule has 4 aromatic rings. The minimum absolute atomic E-state index is 0.0184. The molecule has 2 aliphatic rings. The maximum absolute atomic E-state index is 13.5. The molecule has 6 rings (SSSR count). The number of aryl methyl sites for hydroxylation is 1. The van der Waals surface area contributed by atoms with E-state index in [0.717, 1.165) is 62.5 Å². The zero-order chi connectivity index (χ0) is 25.5. The number of fused-ring (bicyclic) bond motifs is 2. The molecular formula is C29H27FN6O. The van der Waals surface area contributed by atoms with Gasteiger partial charge < -0.3 is 15.0 Å². The van der Waals surface area contributed by atoms with Crippen LogP contribution in [0.15, 0.2) is 83.3 Å². The average molecular weight is 495 g/mol. The summed E-state index contributed by atoms with van der Waals surface area (Å²) in [5, 5.41) is 18.8. The lowest BCUT2D eigenvalue weighted by molar-refractivity contribution is 0.199. The summed E-state index contributed by atoms with van der Waals surface area (Å²) in [6.07, 6.45) is 6.09. The van der Waals surface area contributed by atoms with Gasteiger partial charge in [-0.15, -0.1) is 0 Å². The summed E-state index contributed by atoms with van der Waals surface area (Å²) < 4.78 is 15.7. The predicted octanol–water partition coefficient (Wildman–Crippen LogP) is 5.29. The van der Waals surface area contributed by atoms with Crippen LogP contribution in [0.2, 0.25) is 0 Å². The van der Waals surface area contributed by atoms with E-state index in [-0.39, 0.29) is 11.7 Å². The molecule has 0 bridgehead atoms. The van der Waals surface area contributed by atoms with Crippen LogP contribution < -0.4 is 10.7 Å². The molecular weight excluding hydrogens is 467 g/mol. The van der Waals surface area contributed by atoms with Crippen LogP contribution in [0.25, 0.3) is 27.6 Å². The molecule has 0 saturated heterocycles. The second-order valence-electron chi connectivity index (χ2n) is 9.40. The van der Waals surface area contributed by atoms with Crippen molar-refractivity contribution in [2.24, 2.45) is 23.1 Å². The number of pyridine rings is 1. The number of nitrogens with zero attached hydrogens (tertiary/aromatic N) is 4. The van der Waals surface area contributed by atoms with E-state index in [0.29, 0.717) is 6.42 Å². The van der Waals surface area contributed by atoms with Crippen molar-refractivity contribution in [2.45, 2.75) is 26.0 Å². The number of hydrogen-bond donors (Lipinski definition) is 3. The second kappa shape index (κ2) is 9.29. The summed E-state index contributed by atoms with van der Waals surface area (Å²) >= 11 is 0. The predicted molar refractivity (Wildman–Crippen MR) is 146 cm³/mol. The molecule has 0 spiro atoms. The number of benzene rings is 2. The standard InChI is InChI=1S/C29H27FN6O/c1-3-27(37)33-21-11-18(14-31-16-21)19-12-24-28(34-35-29(24)32-15-19)26-13-23-22(5-4-6-25(23)36(26)2)17-7-9-20(30)10-8-17/h4-11,13-16,24,27,33,37H,3,12H2,1-2H3,(H,32,35). The van der Waals surface area contributed by atoms with Crippen molar-refractivity contribution < 1.29 is 9.50 Å². The van der Waals surface area contributed by atoms with Crippen molar-refractivity contribution in [1.29, 1.82) is 0 Å². The summed E-state index contributed by atoms with van der Waals surface area (Å²) in [6.45, 7) is 1.92. The highest BCUT2D eigenvalue weighted by molar-refractivity contribution is 6.20. The zero-order valence-electron chi connectivity index (χ0n) is 20.6. The smallest absolute Gasteiger partial charge is 0.131 e. The average Bonchev–Trinajstić information content (AvgIpc) is 3.49. The number of hydrogen-bond acceptors (Lipinski definition) is 6. The van der Waals surface area contributed by atoms with Crippen LogP contribution in [-0.2, 0) is 7.05 Å². The largest absolute Gasteiger partial charge is 0.374 e. The highest BCUT2D eigenvalue weighted by Crippen LogP contribution is 2.36. The molecule has 0 fully saturated rings. The monoisotopic (exact) mass is 494 g/mol. The second-order valence-corrected chi connectivity index (χ2v) is 9.40. The van der Waals surface area contributed by atoms with Gasteiger partial charge >= 0.3 is 0 Å². The van der Waals surface area contributed by atoms with E-state index in [1.54, 1.807) is 6.20 Å². The fourth-order valence-electron chi connectivity index (χ4n) is 5.04. The minimum Gasteiger partial charge on any atom is -0.374 e. The summed E-state index contributed by atoms with van der Waals surface area (Å²) in [5.41, 5.74) is 10.9. The highest BCUT2D eigenvalue weighted by Gasteiger charge is 2.34. The van der Waals surface area contributed by atoms with Crippen LogP contribution in [0.1, 0.15) is 31.0 Å². The van der Waals surface area contributed by atoms with Crippen LogP contribution >= 0.6 is 0 Å². The number of hydrazone groups is 1. The number of nitrogens with one attached hydrogen (secondary N) is 2. The Morgan fingerprint density at radius 3 is 2.78 bits per heavy atom. The van der Waals surface area contributed by atoms with E-state index < -0.39 is 6.23 Å². The Morgan fingerprint density at radius 2 is 1.97 bits per heavy atom. The molecule has 186 valence electrons. The maximum atomic E-state index is 13.5. The van der Waals surface area contributed by atoms with Gasteiger partial charge in [-0.05, 0) is 65.4 Å². The molecule has 2 aliphatic heterocycles. The lowest BCUT2D eigenvalue weighted by Crippen LogP contribution is -2.27. The summed E-state index contributed by atoms with van der Waals surface area (Å²) in [4.78, 5) is 9.04. The Labute approximate surface area is 214 Å². The number of aliphatic hydroxyl groups excluding tert-OH is 1. The molecule has 0 aliphatic carbocycles. The molecule has 3 N–H and O–H groups in total. The van der Waals surface area contributed by atoms with Crippen LogP contribution in [0, 0.1) is 11.7 Å². The number of anilines is 1. The van der Waals surface area contributed by atoms with E-state index >= 15 is 0 Å². The molecule has 2 aromatic carbocycles. The SMILES string of the molecule is CCC(O)Nc1cncc(C2=CN=C3NN=C(c4cc5c(-c6ccc(F)cc6)cccc5n4C)C3C2)c1. The van der Waals surface area contributed by atoms with Crippen LogP contribution in [0.4, 0.5) is 10.1 Å². The maximum Gasteiger partial charge on any atom is 0.131 e. The van der Waals surface area contributed by atoms with Gasteiger partial charge in [0.1, 0.15) is 17.9 Å². The Balaban J connectivity index is 1.33. The molecule has 4 heterocycles. The lowest BCUT2D eigenvalue weighted by atomic mass is 9.88. The normalized spacial score (nSPS) is 17.5. The minimum atomic E-state index is -0.619. The Bertz CT molecular complexity index is 1580. The van der Waals surface area contributed by atoms with E-state index in [2.05, 4.69) is 48.6 Å². The number of allylic oxidation sites excluding steroid dienone is 1. The first kappa shape index (κ1) is 23.1. The molecule has 2 aromatic heterocycles. The van der Waals surface area contributed by atoms with Crippen molar-refractivity contribution in [3.8, 4) is 11.1 Å². The Hall–Kier alpha value is -4.30. The summed E-state index contributed by atoms with van der Waals surface area (Å²) in [5.74, 6) is 0.559. The fourth-order valence-corrected chi connectivity index (χ4v) is 5.04. The van der Waals surface area contributed by atoms with Gasteiger partial charge in [0.2, 0.25) is 0 Å². The molecule has 0 amide bonds. The molecule has 2 unspecified atom stereocenters. The topological polar surface area (TPSA) is 86.8 Å². The van der Waals surface area contributed by atoms with Gasteiger partial charge in [-0.25, -0.2) is 9.38 Å². The first-order valence-corrected chi connectivity index (χ1v) is 12.4. The first-order chi connectivity index (χ1) is 18.0. The number of aromatic nitrogens is 2. The van der Waals surface area contributed by atoms with Crippen molar-refractivity contribution in [2.75, 3.05) is 5.32 Å². The molecule has 8 heteroatoms. The third-order valence-corrected chi connectivity index (χ3v) is 7.07. The lowest BCUT2D eigenvalue weighted by Gasteiger charge is -2.20. The molecule has 37 heavy (non-hydrogen) atoms.